The van der Waals surface area contributed by atoms with Gasteiger partial charge in [0.15, 0.2) is 11.6 Å². The number of rotatable bonds is 7. The van der Waals surface area contributed by atoms with Gasteiger partial charge in [0.25, 0.3) is 5.91 Å². The monoisotopic (exact) mass is 464 g/mol. The quantitative estimate of drug-likeness (QED) is 0.485. The van der Waals surface area contributed by atoms with Crippen LogP contribution in [-0.2, 0) is 4.79 Å². The Balaban J connectivity index is 1.52. The Morgan fingerprint density at radius 2 is 1.71 bits per heavy atom. The van der Waals surface area contributed by atoms with Crippen LogP contribution in [0.1, 0.15) is 11.1 Å². The molecule has 0 atom stereocenters. The van der Waals surface area contributed by atoms with Crippen LogP contribution in [0.3, 0.4) is 0 Å². The van der Waals surface area contributed by atoms with Crippen molar-refractivity contribution in [3.05, 3.63) is 71.3 Å². The maximum Gasteiger partial charge on any atom is 0.254 e. The molecule has 9 nitrogen and oxygen atoms in total. The second kappa shape index (κ2) is 9.75. The largest absolute Gasteiger partial charge is 0.497 e. The van der Waals surface area contributed by atoms with Crippen LogP contribution in [-0.4, -0.2) is 36.6 Å². The minimum Gasteiger partial charge on any atom is -0.497 e. The van der Waals surface area contributed by atoms with Crippen molar-refractivity contribution in [3.63, 3.8) is 0 Å². The maximum absolute atomic E-state index is 14.6. The molecule has 1 aliphatic rings. The number of hydrazine groups is 1. The lowest BCUT2D eigenvalue weighted by Crippen LogP contribution is -2.30. The van der Waals surface area contributed by atoms with E-state index in [0.717, 1.165) is 17.3 Å². The molecular formula is C24H25FN6O3. The molecule has 0 radical (unpaired) electrons. The van der Waals surface area contributed by atoms with Gasteiger partial charge >= 0.3 is 0 Å². The van der Waals surface area contributed by atoms with E-state index < -0.39 is 5.82 Å². The zero-order chi connectivity index (χ0) is 24.2. The highest BCUT2D eigenvalue weighted by Crippen LogP contribution is 2.28. The van der Waals surface area contributed by atoms with Gasteiger partial charge in [-0.3, -0.25) is 9.80 Å². The van der Waals surface area contributed by atoms with E-state index in [9.17, 15) is 9.18 Å². The number of ether oxygens (including phenoxy) is 2. The van der Waals surface area contributed by atoms with Crippen molar-refractivity contribution in [3.8, 4) is 11.5 Å². The lowest BCUT2D eigenvalue weighted by Gasteiger charge is -2.16. The van der Waals surface area contributed by atoms with Crippen molar-refractivity contribution in [1.29, 1.82) is 0 Å². The van der Waals surface area contributed by atoms with Crippen LogP contribution in [0.5, 0.6) is 11.5 Å². The van der Waals surface area contributed by atoms with Crippen molar-refractivity contribution in [2.45, 2.75) is 13.8 Å². The minimum atomic E-state index is -0.645. The summed E-state index contributed by atoms with van der Waals surface area (Å²) in [6, 6.07) is 11.0. The molecule has 0 saturated carbocycles. The molecule has 4 rings (SSSR count). The summed E-state index contributed by atoms with van der Waals surface area (Å²) in [6.07, 6.45) is 2.58. The number of methoxy groups -OCH3 is 2. The summed E-state index contributed by atoms with van der Waals surface area (Å²) in [5, 5.41) is 7.27. The van der Waals surface area contributed by atoms with Gasteiger partial charge < -0.3 is 20.1 Å². The fourth-order valence-corrected chi connectivity index (χ4v) is 3.55. The standard InChI is InChI=1S/C24H25FN6O3/c1-14-5-15(2)7-17(6-14)28-23(32)16-11-27-31(13-16)22-21(25)12-26-24(30-22)29-18-8-19(33-3)10-20(9-18)34-4/h5-10,12-13,27H,11H2,1-4H3,(H,28,32)(H,26,29,30). The Morgan fingerprint density at radius 1 is 1.03 bits per heavy atom. The van der Waals surface area contributed by atoms with E-state index in [1.807, 2.05) is 32.0 Å². The predicted molar refractivity (Wildman–Crippen MR) is 128 cm³/mol. The Morgan fingerprint density at radius 3 is 2.35 bits per heavy atom. The first-order valence-electron chi connectivity index (χ1n) is 10.5. The third kappa shape index (κ3) is 5.24. The first-order valence-corrected chi connectivity index (χ1v) is 10.5. The lowest BCUT2D eigenvalue weighted by atomic mass is 10.1. The summed E-state index contributed by atoms with van der Waals surface area (Å²) >= 11 is 0. The molecule has 0 unspecified atom stereocenters. The SMILES string of the molecule is COc1cc(Nc2ncc(F)c(N3C=C(C(=O)Nc4cc(C)cc(C)c4)CN3)n2)cc(OC)c1. The molecule has 1 aromatic heterocycles. The molecule has 10 heteroatoms. The summed E-state index contributed by atoms with van der Waals surface area (Å²) < 4.78 is 25.1. The molecule has 0 fully saturated rings. The minimum absolute atomic E-state index is 0.0263. The van der Waals surface area contributed by atoms with E-state index in [4.69, 9.17) is 9.47 Å². The molecule has 176 valence electrons. The van der Waals surface area contributed by atoms with Crippen LogP contribution in [0.25, 0.3) is 0 Å². The van der Waals surface area contributed by atoms with Gasteiger partial charge in [-0.25, -0.2) is 14.8 Å². The fraction of sp³-hybridized carbons (Fsp3) is 0.208. The van der Waals surface area contributed by atoms with E-state index in [-0.39, 0.29) is 24.2 Å². The second-order valence-electron chi connectivity index (χ2n) is 7.78. The van der Waals surface area contributed by atoms with Gasteiger partial charge in [-0.15, -0.1) is 0 Å². The van der Waals surface area contributed by atoms with E-state index in [1.165, 1.54) is 11.2 Å². The van der Waals surface area contributed by atoms with Crippen LogP contribution < -0.4 is 30.5 Å². The molecule has 3 aromatic rings. The molecule has 0 aliphatic carbocycles. The van der Waals surface area contributed by atoms with Crippen molar-refractivity contribution in [2.24, 2.45) is 0 Å². The molecule has 1 aliphatic heterocycles. The number of hydrogen-bond acceptors (Lipinski definition) is 8. The number of nitrogens with zero attached hydrogens (tertiary/aromatic N) is 3. The number of halogens is 1. The topological polar surface area (TPSA) is 101 Å². The summed E-state index contributed by atoms with van der Waals surface area (Å²) in [5.74, 6) is 0.363. The average molecular weight is 465 g/mol. The van der Waals surface area contributed by atoms with Gasteiger partial charge in [0, 0.05) is 42.3 Å². The molecule has 34 heavy (non-hydrogen) atoms. The predicted octanol–water partition coefficient (Wildman–Crippen LogP) is 3.84. The van der Waals surface area contributed by atoms with Gasteiger partial charge in [-0.2, -0.15) is 4.98 Å². The molecule has 3 N–H and O–H groups in total. The van der Waals surface area contributed by atoms with Gasteiger partial charge in [0.1, 0.15) is 11.5 Å². The Kier molecular flexibility index (Phi) is 6.60. The number of benzene rings is 2. The van der Waals surface area contributed by atoms with Crippen molar-refractivity contribution >= 4 is 29.0 Å². The van der Waals surface area contributed by atoms with E-state index in [2.05, 4.69) is 26.0 Å². The molecule has 0 spiro atoms. The van der Waals surface area contributed by atoms with Gasteiger partial charge in [0.05, 0.1) is 26.0 Å². The first-order chi connectivity index (χ1) is 16.3. The molecule has 0 bridgehead atoms. The molecule has 1 amide bonds. The molecule has 2 aromatic carbocycles. The van der Waals surface area contributed by atoms with E-state index in [1.54, 1.807) is 32.4 Å². The normalized spacial score (nSPS) is 12.9. The van der Waals surface area contributed by atoms with E-state index >= 15 is 0 Å². The van der Waals surface area contributed by atoms with Crippen LogP contribution in [0.4, 0.5) is 27.5 Å². The smallest absolute Gasteiger partial charge is 0.254 e. The number of carbonyl (C=O) groups is 1. The highest BCUT2D eigenvalue weighted by Gasteiger charge is 2.23. The highest BCUT2D eigenvalue weighted by molar-refractivity contribution is 6.04. The number of anilines is 4. The molecule has 0 saturated heterocycles. The summed E-state index contributed by atoms with van der Waals surface area (Å²) in [5.41, 5.74) is 6.80. The van der Waals surface area contributed by atoms with Crippen molar-refractivity contribution in [1.82, 2.24) is 15.4 Å². The molecular weight excluding hydrogens is 439 g/mol. The number of nitrogens with one attached hydrogen (secondary N) is 3. The van der Waals surface area contributed by atoms with Gasteiger partial charge in [-0.1, -0.05) is 6.07 Å². The van der Waals surface area contributed by atoms with E-state index in [0.29, 0.717) is 28.4 Å². The summed E-state index contributed by atoms with van der Waals surface area (Å²) in [4.78, 5) is 21.0. The zero-order valence-electron chi connectivity index (χ0n) is 19.3. The number of amides is 1. The average Bonchev–Trinajstić information content (AvgIpc) is 3.29. The summed E-state index contributed by atoms with van der Waals surface area (Å²) in [6.45, 7) is 4.15. The van der Waals surface area contributed by atoms with Gasteiger partial charge in [-0.05, 0) is 37.1 Å². The lowest BCUT2D eigenvalue weighted by molar-refractivity contribution is -0.112. The number of hydrogen-bond donors (Lipinski definition) is 3. The highest BCUT2D eigenvalue weighted by atomic mass is 19.1. The Hall–Kier alpha value is -4.18. The van der Waals surface area contributed by atoms with Gasteiger partial charge in [0.2, 0.25) is 5.95 Å². The Labute approximate surface area is 196 Å². The van der Waals surface area contributed by atoms with Crippen LogP contribution >= 0.6 is 0 Å². The van der Waals surface area contributed by atoms with Crippen LogP contribution in [0.15, 0.2) is 54.4 Å². The third-order valence-corrected chi connectivity index (χ3v) is 5.06. The third-order valence-electron chi connectivity index (χ3n) is 5.06. The number of aromatic nitrogens is 2. The summed E-state index contributed by atoms with van der Waals surface area (Å²) in [7, 11) is 3.09. The van der Waals surface area contributed by atoms with Crippen molar-refractivity contribution < 1.29 is 18.7 Å². The first kappa shape index (κ1) is 23.0. The zero-order valence-corrected chi connectivity index (χ0v) is 19.3. The maximum atomic E-state index is 14.6. The fourth-order valence-electron chi connectivity index (χ4n) is 3.55. The number of aryl methyl sites for hydroxylation is 2. The Bertz CT molecular complexity index is 1220. The van der Waals surface area contributed by atoms with Crippen LogP contribution in [0.2, 0.25) is 0 Å². The second-order valence-corrected chi connectivity index (χ2v) is 7.78. The van der Waals surface area contributed by atoms with Crippen LogP contribution in [0, 0.1) is 19.7 Å². The molecule has 2 heterocycles. The van der Waals surface area contributed by atoms with Crippen molar-refractivity contribution in [2.75, 3.05) is 36.4 Å². The number of carbonyl (C=O) groups excluding carboxylic acids is 1.